The Labute approximate surface area is 115 Å². The van der Waals surface area contributed by atoms with Gasteiger partial charge >= 0.3 is 6.16 Å². The summed E-state index contributed by atoms with van der Waals surface area (Å²) in [5.41, 5.74) is 0.949. The maximum absolute atomic E-state index is 11.2. The van der Waals surface area contributed by atoms with Crippen molar-refractivity contribution in [1.29, 1.82) is 0 Å². The van der Waals surface area contributed by atoms with Crippen LogP contribution in [-0.4, -0.2) is 19.4 Å². The normalized spacial score (nSPS) is 12.8. The van der Waals surface area contributed by atoms with Gasteiger partial charge in [0.05, 0.1) is 25.1 Å². The van der Waals surface area contributed by atoms with Crippen molar-refractivity contribution in [2.45, 2.75) is 18.7 Å². The summed E-state index contributed by atoms with van der Waals surface area (Å²) in [5, 5.41) is 3.50. The molecule has 0 atom stereocenters. The van der Waals surface area contributed by atoms with Crippen LogP contribution in [0.1, 0.15) is 13.8 Å². The molecule has 1 aromatic carbocycles. The fraction of sp³-hybridized carbons (Fsp3) is 0.308. The van der Waals surface area contributed by atoms with Crippen molar-refractivity contribution in [3.8, 4) is 5.75 Å². The summed E-state index contributed by atoms with van der Waals surface area (Å²) in [6, 6.07) is 5.71. The first-order valence-corrected chi connectivity index (χ1v) is 6.80. The van der Waals surface area contributed by atoms with Crippen LogP contribution >= 0.6 is 11.8 Å². The molecule has 0 saturated heterocycles. The third kappa shape index (κ3) is 3.57. The maximum Gasteiger partial charge on any atom is 0.514 e. The maximum atomic E-state index is 11.2. The Kier molecular flexibility index (Phi) is 4.57. The molecule has 0 fully saturated rings. The molecular formula is C13H15NO4S. The Hall–Kier alpha value is -1.82. The second-order valence-electron chi connectivity index (χ2n) is 3.59. The van der Waals surface area contributed by atoms with Gasteiger partial charge in [0.25, 0.3) is 0 Å². The van der Waals surface area contributed by atoms with E-state index in [2.05, 4.69) is 5.32 Å². The van der Waals surface area contributed by atoms with Crippen LogP contribution in [0, 0.1) is 0 Å². The van der Waals surface area contributed by atoms with Crippen LogP contribution < -0.4 is 10.1 Å². The molecule has 0 aliphatic carbocycles. The molecule has 1 heterocycles. The van der Waals surface area contributed by atoms with E-state index in [-0.39, 0.29) is 6.61 Å². The monoisotopic (exact) mass is 281 g/mol. The molecule has 1 aliphatic heterocycles. The summed E-state index contributed by atoms with van der Waals surface area (Å²) < 4.78 is 15.2. The first-order valence-electron chi connectivity index (χ1n) is 5.99. The van der Waals surface area contributed by atoms with E-state index in [4.69, 9.17) is 14.2 Å². The first kappa shape index (κ1) is 13.6. The standard InChI is InChI=1S/C13H15NO4S/c1-3-16-9-5-6-10-11(7-9)19-12(8-14-10)18-13(15)17-4-2/h5-8,14H,3-4H2,1-2H3. The molecule has 1 aliphatic rings. The average molecular weight is 281 g/mol. The number of carbonyl (C=O) groups is 1. The number of ether oxygens (including phenoxy) is 3. The lowest BCUT2D eigenvalue weighted by atomic mass is 10.3. The number of carbonyl (C=O) groups excluding carboxylic acids is 1. The highest BCUT2D eigenvalue weighted by atomic mass is 32.2. The lowest BCUT2D eigenvalue weighted by Gasteiger charge is -2.17. The van der Waals surface area contributed by atoms with Crippen LogP contribution in [0.2, 0.25) is 0 Å². The largest absolute Gasteiger partial charge is 0.514 e. The highest BCUT2D eigenvalue weighted by Crippen LogP contribution is 2.39. The van der Waals surface area contributed by atoms with Crippen molar-refractivity contribution in [1.82, 2.24) is 0 Å². The zero-order chi connectivity index (χ0) is 13.7. The number of benzene rings is 1. The molecule has 0 spiro atoms. The number of hydrogen-bond acceptors (Lipinski definition) is 6. The summed E-state index contributed by atoms with van der Waals surface area (Å²) in [6.45, 7) is 4.56. The van der Waals surface area contributed by atoms with E-state index >= 15 is 0 Å². The first-order chi connectivity index (χ1) is 9.22. The zero-order valence-corrected chi connectivity index (χ0v) is 11.6. The number of hydrogen-bond donors (Lipinski definition) is 1. The van der Waals surface area contributed by atoms with Gasteiger partial charge in [0.1, 0.15) is 5.75 Å². The molecule has 0 amide bonds. The van der Waals surface area contributed by atoms with E-state index in [0.717, 1.165) is 16.3 Å². The summed E-state index contributed by atoms with van der Waals surface area (Å²) >= 11 is 1.35. The van der Waals surface area contributed by atoms with E-state index in [1.807, 2.05) is 25.1 Å². The molecule has 0 saturated carbocycles. The van der Waals surface area contributed by atoms with Crippen molar-refractivity contribution >= 4 is 23.6 Å². The van der Waals surface area contributed by atoms with Gasteiger partial charge in [-0.15, -0.1) is 0 Å². The van der Waals surface area contributed by atoms with Crippen LogP contribution in [-0.2, 0) is 9.47 Å². The van der Waals surface area contributed by atoms with E-state index < -0.39 is 6.16 Å². The molecule has 0 unspecified atom stereocenters. The number of anilines is 1. The summed E-state index contributed by atoms with van der Waals surface area (Å²) in [5.74, 6) is 0.785. The molecule has 6 heteroatoms. The molecule has 0 aromatic heterocycles. The van der Waals surface area contributed by atoms with Crippen molar-refractivity contribution in [3.05, 3.63) is 29.5 Å². The van der Waals surface area contributed by atoms with Crippen LogP contribution in [0.25, 0.3) is 0 Å². The Bertz CT molecular complexity index is 501. The van der Waals surface area contributed by atoms with Crippen molar-refractivity contribution in [3.63, 3.8) is 0 Å². The van der Waals surface area contributed by atoms with Crippen LogP contribution in [0.3, 0.4) is 0 Å². The minimum Gasteiger partial charge on any atom is -0.494 e. The van der Waals surface area contributed by atoms with E-state index in [1.165, 1.54) is 11.8 Å². The summed E-state index contributed by atoms with van der Waals surface area (Å²) in [6.07, 6.45) is 0.928. The van der Waals surface area contributed by atoms with Crippen molar-refractivity contribution < 1.29 is 19.0 Å². The molecule has 0 radical (unpaired) electrons. The van der Waals surface area contributed by atoms with Crippen LogP contribution in [0.5, 0.6) is 5.75 Å². The fourth-order valence-electron chi connectivity index (χ4n) is 1.52. The number of nitrogens with one attached hydrogen (secondary N) is 1. The van der Waals surface area contributed by atoms with E-state index in [0.29, 0.717) is 11.7 Å². The highest BCUT2D eigenvalue weighted by molar-refractivity contribution is 8.03. The molecule has 1 aromatic rings. The summed E-state index contributed by atoms with van der Waals surface area (Å²) in [7, 11) is 0. The van der Waals surface area contributed by atoms with Gasteiger partial charge in [-0.2, -0.15) is 0 Å². The third-order valence-corrected chi connectivity index (χ3v) is 3.23. The SMILES string of the molecule is CCOC(=O)OC1=CNc2ccc(OCC)cc2S1. The van der Waals surface area contributed by atoms with E-state index in [9.17, 15) is 4.79 Å². The van der Waals surface area contributed by atoms with Gasteiger partial charge < -0.3 is 19.5 Å². The zero-order valence-electron chi connectivity index (χ0n) is 10.8. The fourth-order valence-corrected chi connectivity index (χ4v) is 2.37. The lowest BCUT2D eigenvalue weighted by molar-refractivity contribution is 0.0870. The second kappa shape index (κ2) is 6.38. The molecule has 1 N–H and O–H groups in total. The quantitative estimate of drug-likeness (QED) is 0.851. The Morgan fingerprint density at radius 3 is 2.89 bits per heavy atom. The van der Waals surface area contributed by atoms with Gasteiger partial charge in [0.2, 0.25) is 0 Å². The Morgan fingerprint density at radius 1 is 1.32 bits per heavy atom. The molecule has 0 bridgehead atoms. The van der Waals surface area contributed by atoms with Crippen LogP contribution in [0.4, 0.5) is 10.5 Å². The molecule has 5 nitrogen and oxygen atoms in total. The van der Waals surface area contributed by atoms with Gasteiger partial charge in [-0.25, -0.2) is 4.79 Å². The minimum atomic E-state index is -0.701. The van der Waals surface area contributed by atoms with E-state index in [1.54, 1.807) is 13.1 Å². The predicted octanol–water partition coefficient (Wildman–Crippen LogP) is 3.57. The van der Waals surface area contributed by atoms with Gasteiger partial charge in [-0.3, -0.25) is 0 Å². The highest BCUT2D eigenvalue weighted by Gasteiger charge is 2.17. The van der Waals surface area contributed by atoms with Gasteiger partial charge in [0, 0.05) is 4.90 Å². The van der Waals surface area contributed by atoms with Crippen molar-refractivity contribution in [2.24, 2.45) is 0 Å². The smallest absolute Gasteiger partial charge is 0.494 e. The molecular weight excluding hydrogens is 266 g/mol. The van der Waals surface area contributed by atoms with Crippen LogP contribution in [0.15, 0.2) is 34.4 Å². The Balaban J connectivity index is 2.05. The lowest BCUT2D eigenvalue weighted by Crippen LogP contribution is -2.08. The van der Waals surface area contributed by atoms with Crippen molar-refractivity contribution in [2.75, 3.05) is 18.5 Å². The minimum absolute atomic E-state index is 0.287. The number of thioether (sulfide) groups is 1. The molecule has 2 rings (SSSR count). The number of fused-ring (bicyclic) bond motifs is 1. The molecule has 19 heavy (non-hydrogen) atoms. The average Bonchev–Trinajstić information content (AvgIpc) is 2.39. The summed E-state index contributed by atoms with van der Waals surface area (Å²) in [4.78, 5) is 12.2. The topological polar surface area (TPSA) is 56.8 Å². The third-order valence-electron chi connectivity index (χ3n) is 2.27. The second-order valence-corrected chi connectivity index (χ2v) is 4.63. The number of rotatable bonds is 4. The van der Waals surface area contributed by atoms with Gasteiger partial charge in [-0.05, 0) is 43.8 Å². The van der Waals surface area contributed by atoms with Gasteiger partial charge in [0.15, 0.2) is 5.09 Å². The van der Waals surface area contributed by atoms with Gasteiger partial charge in [-0.1, -0.05) is 0 Å². The Morgan fingerprint density at radius 2 is 2.16 bits per heavy atom. The predicted molar refractivity (Wildman–Crippen MR) is 73.3 cm³/mol. The molecule has 102 valence electrons.